The van der Waals surface area contributed by atoms with Crippen LogP contribution in [-0.4, -0.2) is 22.9 Å². The van der Waals surface area contributed by atoms with E-state index in [0.717, 1.165) is 5.69 Å². The van der Waals surface area contributed by atoms with Gasteiger partial charge < -0.3 is 11.1 Å². The molecule has 0 atom stereocenters. The molecule has 0 aliphatic heterocycles. The van der Waals surface area contributed by atoms with Gasteiger partial charge in [-0.25, -0.2) is 0 Å². The molecule has 1 fully saturated rings. The Morgan fingerprint density at radius 1 is 1.43 bits per heavy atom. The topological polar surface area (TPSA) is 55.9 Å². The molecule has 3 N–H and O–H groups in total. The summed E-state index contributed by atoms with van der Waals surface area (Å²) in [6.45, 7) is 0. The van der Waals surface area contributed by atoms with Crippen molar-refractivity contribution in [2.45, 2.75) is 37.8 Å². The van der Waals surface area contributed by atoms with Crippen LogP contribution in [-0.2, 0) is 0 Å². The standard InChI is InChI=1S/C10H18N4/c1-12-9-2-4-10(5-3-9)14-7-8(11)6-13-14/h6-7,9-10,12H,2-5,11H2,1H3. The highest BCUT2D eigenvalue weighted by molar-refractivity contribution is 5.30. The summed E-state index contributed by atoms with van der Waals surface area (Å²) in [5.41, 5.74) is 6.41. The van der Waals surface area contributed by atoms with Crippen molar-refractivity contribution in [2.24, 2.45) is 0 Å². The minimum absolute atomic E-state index is 0.553. The number of nitrogens with zero attached hydrogens (tertiary/aromatic N) is 2. The van der Waals surface area contributed by atoms with Gasteiger partial charge in [0.2, 0.25) is 0 Å². The maximum atomic E-state index is 5.64. The predicted octanol–water partition coefficient (Wildman–Crippen LogP) is 1.17. The number of rotatable bonds is 2. The Bertz CT molecular complexity index is 286. The van der Waals surface area contributed by atoms with E-state index in [1.54, 1.807) is 6.20 Å². The third kappa shape index (κ3) is 1.90. The van der Waals surface area contributed by atoms with E-state index in [9.17, 15) is 0 Å². The van der Waals surface area contributed by atoms with Gasteiger partial charge in [0.15, 0.2) is 0 Å². The molecule has 4 heteroatoms. The Kier molecular flexibility index (Phi) is 2.72. The highest BCUT2D eigenvalue weighted by atomic mass is 15.3. The molecule has 1 saturated carbocycles. The first-order chi connectivity index (χ1) is 6.79. The van der Waals surface area contributed by atoms with Crippen LogP contribution in [0.4, 0.5) is 5.69 Å². The second kappa shape index (κ2) is 4.00. The second-order valence-electron chi connectivity index (χ2n) is 4.05. The number of anilines is 1. The molecule has 2 rings (SSSR count). The molecule has 0 saturated heterocycles. The maximum absolute atomic E-state index is 5.64. The largest absolute Gasteiger partial charge is 0.396 e. The highest BCUT2D eigenvalue weighted by Crippen LogP contribution is 2.28. The maximum Gasteiger partial charge on any atom is 0.0719 e. The summed E-state index contributed by atoms with van der Waals surface area (Å²) < 4.78 is 2.02. The third-order valence-corrected chi connectivity index (χ3v) is 3.10. The molecule has 1 aromatic rings. The minimum Gasteiger partial charge on any atom is -0.396 e. The summed E-state index contributed by atoms with van der Waals surface area (Å²) in [5.74, 6) is 0. The average molecular weight is 194 g/mol. The SMILES string of the molecule is CNC1CCC(n2cc(N)cn2)CC1. The van der Waals surface area contributed by atoms with E-state index in [1.165, 1.54) is 25.7 Å². The quantitative estimate of drug-likeness (QED) is 0.743. The lowest BCUT2D eigenvalue weighted by atomic mass is 9.91. The number of nitrogens with one attached hydrogen (secondary N) is 1. The molecule has 0 aromatic carbocycles. The van der Waals surface area contributed by atoms with Gasteiger partial charge in [-0.1, -0.05) is 0 Å². The van der Waals surface area contributed by atoms with E-state index < -0.39 is 0 Å². The smallest absolute Gasteiger partial charge is 0.0719 e. The number of hydrogen-bond acceptors (Lipinski definition) is 3. The zero-order chi connectivity index (χ0) is 9.97. The minimum atomic E-state index is 0.553. The number of hydrogen-bond donors (Lipinski definition) is 2. The van der Waals surface area contributed by atoms with E-state index in [2.05, 4.69) is 10.4 Å². The lowest BCUT2D eigenvalue weighted by molar-refractivity contribution is 0.284. The predicted molar refractivity (Wildman–Crippen MR) is 57.0 cm³/mol. The third-order valence-electron chi connectivity index (χ3n) is 3.10. The first kappa shape index (κ1) is 9.52. The fraction of sp³-hybridized carbons (Fsp3) is 0.700. The van der Waals surface area contributed by atoms with Gasteiger partial charge in [-0.05, 0) is 32.7 Å². The Hall–Kier alpha value is -1.03. The van der Waals surface area contributed by atoms with Crippen molar-refractivity contribution < 1.29 is 0 Å². The number of nitrogen functional groups attached to an aromatic ring is 1. The Morgan fingerprint density at radius 2 is 2.14 bits per heavy atom. The van der Waals surface area contributed by atoms with Gasteiger partial charge in [-0.2, -0.15) is 5.10 Å². The molecule has 0 spiro atoms. The number of aromatic nitrogens is 2. The van der Waals surface area contributed by atoms with Crippen LogP contribution in [0.5, 0.6) is 0 Å². The zero-order valence-electron chi connectivity index (χ0n) is 8.61. The monoisotopic (exact) mass is 194 g/mol. The lowest BCUT2D eigenvalue weighted by Gasteiger charge is -2.28. The molecular weight excluding hydrogens is 176 g/mol. The number of nitrogens with two attached hydrogens (primary N) is 1. The molecule has 78 valence electrons. The molecule has 1 aromatic heterocycles. The Balaban J connectivity index is 1.95. The van der Waals surface area contributed by atoms with E-state index in [-0.39, 0.29) is 0 Å². The van der Waals surface area contributed by atoms with Crippen molar-refractivity contribution in [1.82, 2.24) is 15.1 Å². The van der Waals surface area contributed by atoms with Crippen LogP contribution >= 0.6 is 0 Å². The molecule has 4 nitrogen and oxygen atoms in total. The van der Waals surface area contributed by atoms with Gasteiger partial charge in [0, 0.05) is 12.2 Å². The normalized spacial score (nSPS) is 27.8. The summed E-state index contributed by atoms with van der Waals surface area (Å²) in [6, 6.07) is 1.25. The van der Waals surface area contributed by atoms with E-state index in [0.29, 0.717) is 12.1 Å². The van der Waals surface area contributed by atoms with E-state index in [1.807, 2.05) is 17.9 Å². The molecular formula is C10H18N4. The highest BCUT2D eigenvalue weighted by Gasteiger charge is 2.21. The average Bonchev–Trinajstić information content (AvgIpc) is 2.65. The Labute approximate surface area is 84.5 Å². The van der Waals surface area contributed by atoms with Crippen molar-refractivity contribution in [3.05, 3.63) is 12.4 Å². The van der Waals surface area contributed by atoms with Gasteiger partial charge in [0.1, 0.15) is 0 Å². The molecule has 0 unspecified atom stereocenters. The lowest BCUT2D eigenvalue weighted by Crippen LogP contribution is -2.31. The van der Waals surface area contributed by atoms with Gasteiger partial charge in [0.25, 0.3) is 0 Å². The first-order valence-corrected chi connectivity index (χ1v) is 5.26. The van der Waals surface area contributed by atoms with Gasteiger partial charge in [0.05, 0.1) is 17.9 Å². The van der Waals surface area contributed by atoms with Crippen LogP contribution in [0.3, 0.4) is 0 Å². The fourth-order valence-corrected chi connectivity index (χ4v) is 2.18. The molecule has 0 radical (unpaired) electrons. The summed E-state index contributed by atoms with van der Waals surface area (Å²) in [5, 5.41) is 7.59. The first-order valence-electron chi connectivity index (χ1n) is 5.26. The van der Waals surface area contributed by atoms with E-state index in [4.69, 9.17) is 5.73 Å². The summed E-state index contributed by atoms with van der Waals surface area (Å²) in [4.78, 5) is 0. The molecule has 14 heavy (non-hydrogen) atoms. The van der Waals surface area contributed by atoms with Crippen LogP contribution in [0.2, 0.25) is 0 Å². The summed E-state index contributed by atoms with van der Waals surface area (Å²) >= 11 is 0. The van der Waals surface area contributed by atoms with Crippen molar-refractivity contribution >= 4 is 5.69 Å². The second-order valence-corrected chi connectivity index (χ2v) is 4.05. The van der Waals surface area contributed by atoms with Crippen LogP contribution in [0.15, 0.2) is 12.4 Å². The Morgan fingerprint density at radius 3 is 2.64 bits per heavy atom. The van der Waals surface area contributed by atoms with Crippen LogP contribution in [0, 0.1) is 0 Å². The van der Waals surface area contributed by atoms with Crippen molar-refractivity contribution in [3.8, 4) is 0 Å². The van der Waals surface area contributed by atoms with Crippen molar-refractivity contribution in [2.75, 3.05) is 12.8 Å². The molecule has 1 aliphatic rings. The molecule has 0 amide bonds. The van der Waals surface area contributed by atoms with Crippen molar-refractivity contribution in [1.29, 1.82) is 0 Å². The van der Waals surface area contributed by atoms with Crippen molar-refractivity contribution in [3.63, 3.8) is 0 Å². The van der Waals surface area contributed by atoms with Crippen LogP contribution in [0.25, 0.3) is 0 Å². The van der Waals surface area contributed by atoms with Crippen LogP contribution in [0.1, 0.15) is 31.7 Å². The fourth-order valence-electron chi connectivity index (χ4n) is 2.18. The van der Waals surface area contributed by atoms with Gasteiger partial charge in [-0.15, -0.1) is 0 Å². The zero-order valence-corrected chi connectivity index (χ0v) is 8.61. The summed E-state index contributed by atoms with van der Waals surface area (Å²) in [6.07, 6.45) is 8.54. The molecule has 1 aliphatic carbocycles. The van der Waals surface area contributed by atoms with E-state index >= 15 is 0 Å². The molecule has 1 heterocycles. The van der Waals surface area contributed by atoms with Crippen LogP contribution < -0.4 is 11.1 Å². The molecule has 0 bridgehead atoms. The van der Waals surface area contributed by atoms with Gasteiger partial charge in [-0.3, -0.25) is 4.68 Å². The van der Waals surface area contributed by atoms with Gasteiger partial charge >= 0.3 is 0 Å². The summed E-state index contributed by atoms with van der Waals surface area (Å²) in [7, 11) is 2.04.